The van der Waals surface area contributed by atoms with Gasteiger partial charge in [0.25, 0.3) is 0 Å². The normalized spacial score (nSPS) is 20.1. The fraction of sp³-hybridized carbons (Fsp3) is 0.700. The van der Waals surface area contributed by atoms with E-state index in [1.165, 1.54) is 24.8 Å². The summed E-state index contributed by atoms with van der Waals surface area (Å²) < 4.78 is 0. The molecule has 0 unspecified atom stereocenters. The molecule has 1 rings (SSSR count). The third-order valence-electron chi connectivity index (χ3n) is 2.47. The van der Waals surface area contributed by atoms with Crippen LogP contribution < -0.4 is 0 Å². The average molecular weight is 187 g/mol. The van der Waals surface area contributed by atoms with Crippen LogP contribution in [0.3, 0.4) is 0 Å². The minimum absolute atomic E-state index is 0.326. The molecule has 0 atom stereocenters. The van der Waals surface area contributed by atoms with Crippen LogP contribution >= 0.6 is 11.6 Å². The van der Waals surface area contributed by atoms with Gasteiger partial charge in [0.15, 0.2) is 0 Å². The van der Waals surface area contributed by atoms with Crippen LogP contribution in [0.2, 0.25) is 0 Å². The predicted octanol–water partition coefficient (Wildman–Crippen LogP) is 3.28. The van der Waals surface area contributed by atoms with Gasteiger partial charge in [-0.3, -0.25) is 4.79 Å². The quantitative estimate of drug-likeness (QED) is 0.661. The lowest BCUT2D eigenvalue weighted by Crippen LogP contribution is -2.16. The summed E-state index contributed by atoms with van der Waals surface area (Å²) in [5.74, 6) is 0.693. The Balaban J connectivity index is 2.29. The molecule has 1 nitrogen and oxygen atoms in total. The monoisotopic (exact) mass is 186 g/mol. The average Bonchev–Trinajstić information content (AvgIpc) is 2.15. The maximum atomic E-state index is 11.4. The lowest BCUT2D eigenvalue weighted by molar-refractivity contribution is -0.122. The van der Waals surface area contributed by atoms with Crippen LogP contribution in [0.15, 0.2) is 11.6 Å². The number of hydrogen-bond acceptors (Lipinski definition) is 1. The van der Waals surface area contributed by atoms with E-state index in [-0.39, 0.29) is 0 Å². The third-order valence-corrected chi connectivity index (χ3v) is 2.65. The Hall–Kier alpha value is -0.300. The second-order valence-corrected chi connectivity index (χ2v) is 3.62. The summed E-state index contributed by atoms with van der Waals surface area (Å²) in [5.41, 5.74) is 1.43. The third kappa shape index (κ3) is 2.98. The first kappa shape index (κ1) is 9.79. The fourth-order valence-electron chi connectivity index (χ4n) is 1.75. The molecule has 0 amide bonds. The van der Waals surface area contributed by atoms with Gasteiger partial charge in [-0.2, -0.15) is 0 Å². The standard InChI is InChI=1S/C10H15ClO/c11-8-4-7-10(12)9-5-2-1-3-6-9/h4,8-9H,1-3,5-7H2/b8-4+. The molecule has 0 aromatic heterocycles. The number of ketones is 1. The van der Waals surface area contributed by atoms with E-state index < -0.39 is 0 Å². The first-order valence-electron chi connectivity index (χ1n) is 4.62. The van der Waals surface area contributed by atoms with E-state index in [4.69, 9.17) is 11.6 Å². The second-order valence-electron chi connectivity index (χ2n) is 3.37. The van der Waals surface area contributed by atoms with E-state index in [0.717, 1.165) is 12.8 Å². The summed E-state index contributed by atoms with van der Waals surface area (Å²) >= 11 is 5.35. The van der Waals surface area contributed by atoms with Gasteiger partial charge in [0.2, 0.25) is 0 Å². The zero-order chi connectivity index (χ0) is 8.81. The second kappa shape index (κ2) is 5.36. The highest BCUT2D eigenvalue weighted by atomic mass is 35.5. The first-order chi connectivity index (χ1) is 5.84. The van der Waals surface area contributed by atoms with E-state index >= 15 is 0 Å². The van der Waals surface area contributed by atoms with Gasteiger partial charge in [-0.1, -0.05) is 36.9 Å². The minimum atomic E-state index is 0.326. The Morgan fingerprint density at radius 3 is 2.58 bits per heavy atom. The Morgan fingerprint density at radius 1 is 1.33 bits per heavy atom. The van der Waals surface area contributed by atoms with Crippen LogP contribution in [0.25, 0.3) is 0 Å². The molecular formula is C10H15ClO. The zero-order valence-corrected chi connectivity index (χ0v) is 8.02. The van der Waals surface area contributed by atoms with Crippen LogP contribution in [0.1, 0.15) is 38.5 Å². The highest BCUT2D eigenvalue weighted by molar-refractivity contribution is 6.25. The first-order valence-corrected chi connectivity index (χ1v) is 5.06. The Morgan fingerprint density at radius 2 is 2.00 bits per heavy atom. The molecule has 0 spiro atoms. The van der Waals surface area contributed by atoms with Crippen LogP contribution in [0, 0.1) is 5.92 Å². The largest absolute Gasteiger partial charge is 0.299 e. The van der Waals surface area contributed by atoms with Crippen LogP contribution in [-0.4, -0.2) is 5.78 Å². The molecule has 0 heterocycles. The number of hydrogen-bond donors (Lipinski definition) is 0. The highest BCUT2D eigenvalue weighted by Gasteiger charge is 2.19. The molecule has 0 bridgehead atoms. The smallest absolute Gasteiger partial charge is 0.139 e. The highest BCUT2D eigenvalue weighted by Crippen LogP contribution is 2.25. The Kier molecular flexibility index (Phi) is 4.37. The van der Waals surface area contributed by atoms with E-state index in [9.17, 15) is 4.79 Å². The Labute approximate surface area is 78.8 Å². The van der Waals surface area contributed by atoms with Gasteiger partial charge in [0.05, 0.1) is 0 Å². The lowest BCUT2D eigenvalue weighted by atomic mass is 9.85. The van der Waals surface area contributed by atoms with Gasteiger partial charge in [0.1, 0.15) is 5.78 Å². The SMILES string of the molecule is O=C(C/C=C/Cl)C1CCCCC1. The fourth-order valence-corrected chi connectivity index (χ4v) is 1.84. The molecule has 1 aliphatic rings. The minimum Gasteiger partial charge on any atom is -0.299 e. The summed E-state index contributed by atoms with van der Waals surface area (Å²) in [6, 6.07) is 0. The van der Waals surface area contributed by atoms with Crippen LogP contribution in [0.5, 0.6) is 0 Å². The molecule has 0 radical (unpaired) electrons. The number of carbonyl (C=O) groups excluding carboxylic acids is 1. The molecule has 0 aromatic rings. The van der Waals surface area contributed by atoms with Crippen LogP contribution in [-0.2, 0) is 4.79 Å². The topological polar surface area (TPSA) is 17.1 Å². The number of halogens is 1. The molecular weight excluding hydrogens is 172 g/mol. The molecule has 12 heavy (non-hydrogen) atoms. The van der Waals surface area contributed by atoms with E-state index in [1.54, 1.807) is 6.08 Å². The number of carbonyl (C=O) groups is 1. The van der Waals surface area contributed by atoms with Crippen molar-refractivity contribution >= 4 is 17.4 Å². The Bertz CT molecular complexity index is 169. The predicted molar refractivity (Wildman–Crippen MR) is 51.2 cm³/mol. The van der Waals surface area contributed by atoms with Gasteiger partial charge in [0, 0.05) is 17.9 Å². The molecule has 0 saturated heterocycles. The van der Waals surface area contributed by atoms with Crippen molar-refractivity contribution in [1.29, 1.82) is 0 Å². The number of allylic oxidation sites excluding steroid dienone is 1. The van der Waals surface area contributed by atoms with Crippen molar-refractivity contribution in [2.24, 2.45) is 5.92 Å². The van der Waals surface area contributed by atoms with Gasteiger partial charge >= 0.3 is 0 Å². The molecule has 68 valence electrons. The van der Waals surface area contributed by atoms with Crippen molar-refractivity contribution in [3.63, 3.8) is 0 Å². The summed E-state index contributed by atoms with van der Waals surface area (Å²) in [6.45, 7) is 0. The lowest BCUT2D eigenvalue weighted by Gasteiger charge is -2.19. The van der Waals surface area contributed by atoms with Crippen molar-refractivity contribution < 1.29 is 4.79 Å². The van der Waals surface area contributed by atoms with Crippen molar-refractivity contribution in [3.8, 4) is 0 Å². The van der Waals surface area contributed by atoms with Crippen molar-refractivity contribution in [2.75, 3.05) is 0 Å². The molecule has 1 saturated carbocycles. The molecule has 1 fully saturated rings. The zero-order valence-electron chi connectivity index (χ0n) is 7.26. The molecule has 0 N–H and O–H groups in total. The summed E-state index contributed by atoms with van der Waals surface area (Å²) in [4.78, 5) is 11.4. The van der Waals surface area contributed by atoms with Crippen molar-refractivity contribution in [3.05, 3.63) is 11.6 Å². The van der Waals surface area contributed by atoms with Gasteiger partial charge in [-0.25, -0.2) is 0 Å². The van der Waals surface area contributed by atoms with Gasteiger partial charge in [-0.05, 0) is 12.8 Å². The molecule has 0 aliphatic heterocycles. The molecule has 1 aliphatic carbocycles. The van der Waals surface area contributed by atoms with Crippen molar-refractivity contribution in [1.82, 2.24) is 0 Å². The van der Waals surface area contributed by atoms with E-state index in [0.29, 0.717) is 18.1 Å². The number of Topliss-reactive ketones (excluding diaryl/α,β-unsaturated/α-hetero) is 1. The summed E-state index contributed by atoms with van der Waals surface area (Å²) in [7, 11) is 0. The van der Waals surface area contributed by atoms with Crippen LogP contribution in [0.4, 0.5) is 0 Å². The van der Waals surface area contributed by atoms with Crippen molar-refractivity contribution in [2.45, 2.75) is 38.5 Å². The van der Waals surface area contributed by atoms with E-state index in [1.807, 2.05) is 0 Å². The van der Waals surface area contributed by atoms with E-state index in [2.05, 4.69) is 0 Å². The molecule has 0 aromatic carbocycles. The van der Waals surface area contributed by atoms with Gasteiger partial charge < -0.3 is 0 Å². The maximum Gasteiger partial charge on any atom is 0.139 e. The summed E-state index contributed by atoms with van der Waals surface area (Å²) in [5, 5.41) is 0. The van der Waals surface area contributed by atoms with Gasteiger partial charge in [-0.15, -0.1) is 0 Å². The summed E-state index contributed by atoms with van der Waals surface area (Å²) in [6.07, 6.45) is 8.19. The number of rotatable bonds is 3. The molecule has 2 heteroatoms. The maximum absolute atomic E-state index is 11.4.